The van der Waals surface area contributed by atoms with Crippen LogP contribution in [0.25, 0.3) is 0 Å². The van der Waals surface area contributed by atoms with E-state index in [1.807, 2.05) is 31.0 Å². The number of nitrogen functional groups attached to an aromatic ring is 1. The molecular weight excluding hydrogens is 230 g/mol. The van der Waals surface area contributed by atoms with Gasteiger partial charge in [-0.2, -0.15) is 4.98 Å². The van der Waals surface area contributed by atoms with Gasteiger partial charge in [0.05, 0.1) is 24.9 Å². The minimum Gasteiger partial charge on any atom is -0.476 e. The van der Waals surface area contributed by atoms with Crippen molar-refractivity contribution in [3.63, 3.8) is 0 Å². The zero-order valence-corrected chi connectivity index (χ0v) is 11.6. The quantitative estimate of drug-likeness (QED) is 0.804. The molecule has 2 N–H and O–H groups in total. The third-order valence-electron chi connectivity index (χ3n) is 2.75. The molecule has 0 fully saturated rings. The zero-order valence-electron chi connectivity index (χ0n) is 11.6. The van der Waals surface area contributed by atoms with Crippen molar-refractivity contribution < 1.29 is 9.47 Å². The lowest BCUT2D eigenvalue weighted by atomic mass is 10.3. The SMILES string of the molecule is CCCOc1nc(N(C)C(C)COC)ccc1N. The highest BCUT2D eigenvalue weighted by Gasteiger charge is 2.13. The van der Waals surface area contributed by atoms with Gasteiger partial charge in [0.25, 0.3) is 0 Å². The van der Waals surface area contributed by atoms with Crippen molar-refractivity contribution in [1.29, 1.82) is 0 Å². The molecule has 0 aromatic carbocycles. The van der Waals surface area contributed by atoms with Crippen LogP contribution in [-0.4, -0.2) is 38.4 Å². The summed E-state index contributed by atoms with van der Waals surface area (Å²) in [6.07, 6.45) is 0.932. The molecule has 1 unspecified atom stereocenters. The fraction of sp³-hybridized carbons (Fsp3) is 0.615. The van der Waals surface area contributed by atoms with E-state index < -0.39 is 0 Å². The van der Waals surface area contributed by atoms with Gasteiger partial charge in [-0.05, 0) is 25.5 Å². The summed E-state index contributed by atoms with van der Waals surface area (Å²) in [7, 11) is 3.67. The van der Waals surface area contributed by atoms with Gasteiger partial charge in [0.1, 0.15) is 5.82 Å². The van der Waals surface area contributed by atoms with E-state index in [0.717, 1.165) is 12.2 Å². The van der Waals surface area contributed by atoms with E-state index >= 15 is 0 Å². The Morgan fingerprint density at radius 1 is 1.44 bits per heavy atom. The molecule has 5 nitrogen and oxygen atoms in total. The number of nitrogens with zero attached hydrogens (tertiary/aromatic N) is 2. The van der Waals surface area contributed by atoms with E-state index in [9.17, 15) is 0 Å². The fourth-order valence-corrected chi connectivity index (χ4v) is 1.53. The summed E-state index contributed by atoms with van der Waals surface area (Å²) in [5.74, 6) is 1.34. The Bertz CT molecular complexity index is 371. The predicted molar refractivity (Wildman–Crippen MR) is 74.2 cm³/mol. The fourth-order valence-electron chi connectivity index (χ4n) is 1.53. The molecule has 0 aliphatic rings. The van der Waals surface area contributed by atoms with Crippen LogP contribution in [0.4, 0.5) is 11.5 Å². The van der Waals surface area contributed by atoms with E-state index in [0.29, 0.717) is 24.8 Å². The van der Waals surface area contributed by atoms with Crippen molar-refractivity contribution in [2.24, 2.45) is 0 Å². The highest BCUT2D eigenvalue weighted by Crippen LogP contribution is 2.23. The van der Waals surface area contributed by atoms with Crippen LogP contribution in [0.15, 0.2) is 12.1 Å². The molecule has 0 spiro atoms. The number of rotatable bonds is 7. The lowest BCUT2D eigenvalue weighted by Gasteiger charge is -2.25. The molecule has 0 amide bonds. The summed E-state index contributed by atoms with van der Waals surface area (Å²) in [5.41, 5.74) is 6.40. The van der Waals surface area contributed by atoms with Crippen LogP contribution in [0.2, 0.25) is 0 Å². The maximum Gasteiger partial charge on any atom is 0.239 e. The monoisotopic (exact) mass is 253 g/mol. The molecular formula is C13H23N3O2. The van der Waals surface area contributed by atoms with Crippen LogP contribution >= 0.6 is 0 Å². The van der Waals surface area contributed by atoms with E-state index in [2.05, 4.69) is 11.9 Å². The first-order valence-corrected chi connectivity index (χ1v) is 6.21. The van der Waals surface area contributed by atoms with Crippen LogP contribution in [0.3, 0.4) is 0 Å². The van der Waals surface area contributed by atoms with Gasteiger partial charge < -0.3 is 20.1 Å². The van der Waals surface area contributed by atoms with Crippen LogP contribution < -0.4 is 15.4 Å². The first-order chi connectivity index (χ1) is 8.60. The lowest BCUT2D eigenvalue weighted by molar-refractivity contribution is 0.183. The highest BCUT2D eigenvalue weighted by molar-refractivity contribution is 5.54. The van der Waals surface area contributed by atoms with Gasteiger partial charge in [0.2, 0.25) is 5.88 Å². The van der Waals surface area contributed by atoms with Crippen molar-refractivity contribution in [3.05, 3.63) is 12.1 Å². The van der Waals surface area contributed by atoms with Crippen LogP contribution in [-0.2, 0) is 4.74 Å². The number of ether oxygens (including phenoxy) is 2. The second-order valence-corrected chi connectivity index (χ2v) is 4.33. The Kier molecular flexibility index (Phi) is 5.71. The molecule has 0 aliphatic carbocycles. The molecule has 18 heavy (non-hydrogen) atoms. The van der Waals surface area contributed by atoms with E-state index in [4.69, 9.17) is 15.2 Å². The Morgan fingerprint density at radius 2 is 2.17 bits per heavy atom. The Morgan fingerprint density at radius 3 is 2.78 bits per heavy atom. The average Bonchev–Trinajstić information content (AvgIpc) is 2.37. The summed E-state index contributed by atoms with van der Waals surface area (Å²) >= 11 is 0. The maximum atomic E-state index is 5.83. The van der Waals surface area contributed by atoms with E-state index in [1.165, 1.54) is 0 Å². The Labute approximate surface area is 109 Å². The molecule has 0 saturated heterocycles. The normalized spacial score (nSPS) is 12.2. The van der Waals surface area contributed by atoms with Gasteiger partial charge in [0.15, 0.2) is 0 Å². The molecule has 0 bridgehead atoms. The molecule has 102 valence electrons. The number of hydrogen-bond acceptors (Lipinski definition) is 5. The Hall–Kier alpha value is -1.49. The van der Waals surface area contributed by atoms with Gasteiger partial charge in [-0.15, -0.1) is 0 Å². The summed E-state index contributed by atoms with van der Waals surface area (Å²) in [4.78, 5) is 6.48. The number of pyridine rings is 1. The number of nitrogens with two attached hydrogens (primary N) is 1. The van der Waals surface area contributed by atoms with Crippen LogP contribution in [0.5, 0.6) is 5.88 Å². The van der Waals surface area contributed by atoms with Crippen molar-refractivity contribution in [1.82, 2.24) is 4.98 Å². The topological polar surface area (TPSA) is 60.6 Å². The molecule has 1 atom stereocenters. The minimum absolute atomic E-state index is 0.241. The average molecular weight is 253 g/mol. The first kappa shape index (κ1) is 14.6. The third kappa shape index (κ3) is 3.77. The standard InChI is InChI=1S/C13H23N3O2/c1-5-8-18-13-11(14)6-7-12(15-13)16(3)10(2)9-17-4/h6-7,10H,5,8-9,14H2,1-4H3. The molecule has 0 aliphatic heterocycles. The Balaban J connectivity index is 2.82. The lowest BCUT2D eigenvalue weighted by Crippen LogP contribution is -2.33. The van der Waals surface area contributed by atoms with Gasteiger partial charge in [-0.25, -0.2) is 0 Å². The third-order valence-corrected chi connectivity index (χ3v) is 2.75. The summed E-state index contributed by atoms with van der Waals surface area (Å²) in [6.45, 7) is 5.40. The molecule has 1 aromatic heterocycles. The number of methoxy groups -OCH3 is 1. The molecule has 1 heterocycles. The number of hydrogen-bond donors (Lipinski definition) is 1. The first-order valence-electron chi connectivity index (χ1n) is 6.21. The molecule has 1 aromatic rings. The van der Waals surface area contributed by atoms with E-state index in [1.54, 1.807) is 7.11 Å². The second kappa shape index (κ2) is 7.06. The van der Waals surface area contributed by atoms with E-state index in [-0.39, 0.29) is 6.04 Å². The second-order valence-electron chi connectivity index (χ2n) is 4.33. The summed E-state index contributed by atoms with van der Waals surface area (Å²) in [5, 5.41) is 0. The molecule has 0 saturated carbocycles. The largest absolute Gasteiger partial charge is 0.476 e. The van der Waals surface area contributed by atoms with Crippen molar-refractivity contribution in [3.8, 4) is 5.88 Å². The smallest absolute Gasteiger partial charge is 0.239 e. The number of likely N-dealkylation sites (N-methyl/N-ethyl adjacent to an activating group) is 1. The predicted octanol–water partition coefficient (Wildman–Crippen LogP) is 1.92. The van der Waals surface area contributed by atoms with Gasteiger partial charge in [-0.3, -0.25) is 0 Å². The molecule has 1 rings (SSSR count). The summed E-state index contributed by atoms with van der Waals surface area (Å²) in [6, 6.07) is 3.95. The van der Waals surface area contributed by atoms with Crippen molar-refractivity contribution in [2.75, 3.05) is 38.0 Å². The van der Waals surface area contributed by atoms with Gasteiger partial charge in [-0.1, -0.05) is 6.92 Å². The number of anilines is 2. The molecule has 5 heteroatoms. The molecule has 0 radical (unpaired) electrons. The van der Waals surface area contributed by atoms with Gasteiger partial charge in [0, 0.05) is 14.2 Å². The zero-order chi connectivity index (χ0) is 13.5. The van der Waals surface area contributed by atoms with Crippen molar-refractivity contribution in [2.45, 2.75) is 26.3 Å². The maximum absolute atomic E-state index is 5.83. The van der Waals surface area contributed by atoms with Crippen LogP contribution in [0, 0.1) is 0 Å². The van der Waals surface area contributed by atoms with Crippen LogP contribution in [0.1, 0.15) is 20.3 Å². The van der Waals surface area contributed by atoms with Crippen molar-refractivity contribution >= 4 is 11.5 Å². The van der Waals surface area contributed by atoms with Gasteiger partial charge >= 0.3 is 0 Å². The number of aromatic nitrogens is 1. The highest BCUT2D eigenvalue weighted by atomic mass is 16.5. The minimum atomic E-state index is 0.241. The summed E-state index contributed by atoms with van der Waals surface area (Å²) < 4.78 is 10.7.